The number of nitrogens with one attached hydrogen (secondary N) is 1. The van der Waals surface area contributed by atoms with Crippen LogP contribution in [-0.4, -0.2) is 20.8 Å². The van der Waals surface area contributed by atoms with Crippen LogP contribution in [0.3, 0.4) is 0 Å². The predicted molar refractivity (Wildman–Crippen MR) is 58.6 cm³/mol. The Morgan fingerprint density at radius 3 is 2.80 bits per heavy atom. The van der Waals surface area contributed by atoms with E-state index in [1.54, 1.807) is 19.1 Å². The molecule has 1 aliphatic rings. The van der Waals surface area contributed by atoms with Gasteiger partial charge in [-0.3, -0.25) is 9.71 Å². The molecule has 4 nitrogen and oxygen atoms in total. The Kier molecular flexibility index (Phi) is 2.26. The summed E-state index contributed by atoms with van der Waals surface area (Å²) >= 11 is 0. The molecule has 1 N–H and O–H groups in total. The number of fused-ring (bicyclic) bond motifs is 1. The van der Waals surface area contributed by atoms with E-state index >= 15 is 0 Å². The molecule has 0 radical (unpaired) electrons. The number of hydrogen-bond acceptors (Lipinski definition) is 3. The molecule has 0 saturated heterocycles. The van der Waals surface area contributed by atoms with Gasteiger partial charge >= 0.3 is 0 Å². The number of rotatable bonds is 1. The summed E-state index contributed by atoms with van der Waals surface area (Å²) in [6.45, 7) is 4.22. The summed E-state index contributed by atoms with van der Waals surface area (Å²) in [6, 6.07) is 5.39. The van der Waals surface area contributed by atoms with Gasteiger partial charge in [-0.1, -0.05) is 12.1 Å². The van der Waals surface area contributed by atoms with Crippen molar-refractivity contribution in [2.75, 3.05) is 6.54 Å². The van der Waals surface area contributed by atoms with E-state index in [-0.39, 0.29) is 0 Å². The summed E-state index contributed by atoms with van der Waals surface area (Å²) in [5, 5.41) is 0. The van der Waals surface area contributed by atoms with Gasteiger partial charge in [0.15, 0.2) is 0 Å². The van der Waals surface area contributed by atoms with Crippen LogP contribution >= 0.6 is 0 Å². The van der Waals surface area contributed by atoms with Gasteiger partial charge in [-0.25, -0.2) is 8.42 Å². The second-order valence-electron chi connectivity index (χ2n) is 3.38. The van der Waals surface area contributed by atoms with Gasteiger partial charge < -0.3 is 0 Å². The molecule has 1 aliphatic heterocycles. The highest BCUT2D eigenvalue weighted by Gasteiger charge is 2.31. The largest absolute Gasteiger partial charge is 0.268 e. The monoisotopic (exact) mass is 224 g/mol. The van der Waals surface area contributed by atoms with E-state index < -0.39 is 10.0 Å². The first kappa shape index (κ1) is 10.2. The number of aliphatic imine (C=N–C) groups is 1. The van der Waals surface area contributed by atoms with E-state index in [1.807, 2.05) is 13.0 Å². The molecule has 2 rings (SSSR count). The van der Waals surface area contributed by atoms with Crippen molar-refractivity contribution < 1.29 is 8.42 Å². The van der Waals surface area contributed by atoms with Crippen LogP contribution in [0.1, 0.15) is 18.1 Å². The Balaban J connectivity index is 2.74. The first-order chi connectivity index (χ1) is 7.06. The van der Waals surface area contributed by atoms with Gasteiger partial charge in [-0.05, 0) is 25.5 Å². The molecule has 1 aromatic carbocycles. The molecule has 0 saturated carbocycles. The summed E-state index contributed by atoms with van der Waals surface area (Å²) in [4.78, 5) is 4.49. The maximum absolute atomic E-state index is 11.8. The van der Waals surface area contributed by atoms with Crippen LogP contribution in [0, 0.1) is 6.92 Å². The van der Waals surface area contributed by atoms with Gasteiger partial charge in [0.05, 0.1) is 0 Å². The van der Waals surface area contributed by atoms with Crippen LogP contribution < -0.4 is 4.72 Å². The van der Waals surface area contributed by atoms with E-state index in [0.29, 0.717) is 22.8 Å². The Bertz CT molecular complexity index is 532. The van der Waals surface area contributed by atoms with Crippen molar-refractivity contribution in [3.8, 4) is 0 Å². The minimum absolute atomic E-state index is 0.359. The molecular formula is C10H12N2O2S. The first-order valence-electron chi connectivity index (χ1n) is 4.73. The number of sulfonamides is 1. The lowest BCUT2D eigenvalue weighted by molar-refractivity contribution is 0.594. The van der Waals surface area contributed by atoms with Crippen molar-refractivity contribution in [1.29, 1.82) is 0 Å². The van der Waals surface area contributed by atoms with Crippen molar-refractivity contribution in [2.45, 2.75) is 18.7 Å². The standard InChI is InChI=1S/C10H12N2O2S/c1-3-11-10-8-6-4-5-7(2)9(8)15(13,14)12-10/h4-6H,3H2,1-2H3,(H,11,12). The maximum Gasteiger partial charge on any atom is 0.264 e. The Hall–Kier alpha value is -1.36. The van der Waals surface area contributed by atoms with Crippen molar-refractivity contribution in [3.63, 3.8) is 0 Å². The van der Waals surface area contributed by atoms with Gasteiger partial charge in [0.25, 0.3) is 10.0 Å². The normalized spacial score (nSPS) is 20.0. The third kappa shape index (κ3) is 1.52. The van der Waals surface area contributed by atoms with E-state index in [0.717, 1.165) is 5.56 Å². The number of hydrogen-bond donors (Lipinski definition) is 1. The first-order valence-corrected chi connectivity index (χ1v) is 6.22. The minimum Gasteiger partial charge on any atom is -0.268 e. The van der Waals surface area contributed by atoms with Gasteiger partial charge in [0.2, 0.25) is 0 Å². The third-order valence-corrected chi connectivity index (χ3v) is 3.82. The Morgan fingerprint density at radius 2 is 2.13 bits per heavy atom. The third-order valence-electron chi connectivity index (χ3n) is 2.28. The topological polar surface area (TPSA) is 58.5 Å². The number of aryl methyl sites for hydroxylation is 1. The number of benzene rings is 1. The van der Waals surface area contributed by atoms with Crippen LogP contribution in [0.5, 0.6) is 0 Å². The summed E-state index contributed by atoms with van der Waals surface area (Å²) in [5.74, 6) is 0.455. The molecule has 0 atom stereocenters. The molecule has 15 heavy (non-hydrogen) atoms. The van der Waals surface area contributed by atoms with E-state index in [4.69, 9.17) is 0 Å². The van der Waals surface area contributed by atoms with Gasteiger partial charge in [0.1, 0.15) is 10.7 Å². The molecule has 1 aromatic rings. The molecule has 5 heteroatoms. The quantitative estimate of drug-likeness (QED) is 0.775. The molecule has 0 unspecified atom stereocenters. The lowest BCUT2D eigenvalue weighted by Gasteiger charge is -1.99. The fraction of sp³-hybridized carbons (Fsp3) is 0.300. The summed E-state index contributed by atoms with van der Waals surface area (Å²) < 4.78 is 26.0. The molecule has 0 aliphatic carbocycles. The average molecular weight is 224 g/mol. The van der Waals surface area contributed by atoms with Crippen LogP contribution in [0.2, 0.25) is 0 Å². The van der Waals surface area contributed by atoms with Crippen LogP contribution in [0.25, 0.3) is 0 Å². The second-order valence-corrected chi connectivity index (χ2v) is 5.00. The van der Waals surface area contributed by atoms with Crippen LogP contribution in [0.15, 0.2) is 28.1 Å². The molecule has 0 spiro atoms. The lowest BCUT2D eigenvalue weighted by atomic mass is 10.1. The fourth-order valence-corrected chi connectivity index (χ4v) is 3.18. The van der Waals surface area contributed by atoms with Crippen molar-refractivity contribution in [1.82, 2.24) is 4.72 Å². The molecule has 80 valence electrons. The number of amidine groups is 1. The van der Waals surface area contributed by atoms with Crippen LogP contribution in [-0.2, 0) is 10.0 Å². The fourth-order valence-electron chi connectivity index (χ4n) is 1.70. The van der Waals surface area contributed by atoms with Crippen molar-refractivity contribution in [3.05, 3.63) is 29.3 Å². The minimum atomic E-state index is -3.39. The molecule has 0 fully saturated rings. The molecule has 0 bridgehead atoms. The predicted octanol–water partition coefficient (Wildman–Crippen LogP) is 1.05. The van der Waals surface area contributed by atoms with Gasteiger partial charge in [-0.15, -0.1) is 0 Å². The molecular weight excluding hydrogens is 212 g/mol. The zero-order chi connectivity index (χ0) is 11.1. The van der Waals surface area contributed by atoms with E-state index in [1.165, 1.54) is 0 Å². The summed E-state index contributed by atoms with van der Waals surface area (Å²) in [6.07, 6.45) is 0. The second kappa shape index (κ2) is 3.34. The molecule has 1 heterocycles. The van der Waals surface area contributed by atoms with Crippen molar-refractivity contribution >= 4 is 15.9 Å². The van der Waals surface area contributed by atoms with E-state index in [9.17, 15) is 8.42 Å². The Labute approximate surface area is 89.1 Å². The smallest absolute Gasteiger partial charge is 0.264 e. The summed E-state index contributed by atoms with van der Waals surface area (Å²) in [7, 11) is -3.39. The van der Waals surface area contributed by atoms with Gasteiger partial charge in [-0.2, -0.15) is 0 Å². The maximum atomic E-state index is 11.8. The van der Waals surface area contributed by atoms with Crippen molar-refractivity contribution in [2.24, 2.45) is 4.99 Å². The zero-order valence-electron chi connectivity index (χ0n) is 8.61. The highest BCUT2D eigenvalue weighted by Crippen LogP contribution is 2.25. The number of nitrogens with zero attached hydrogens (tertiary/aromatic N) is 1. The SMILES string of the molecule is CCN=C1NS(=O)(=O)c2c(C)cccc21. The highest BCUT2D eigenvalue weighted by molar-refractivity contribution is 7.90. The van der Waals surface area contributed by atoms with Gasteiger partial charge in [0, 0.05) is 12.1 Å². The lowest BCUT2D eigenvalue weighted by Crippen LogP contribution is -2.22. The van der Waals surface area contributed by atoms with E-state index in [2.05, 4.69) is 9.71 Å². The zero-order valence-corrected chi connectivity index (χ0v) is 9.43. The average Bonchev–Trinajstić information content (AvgIpc) is 2.40. The Morgan fingerprint density at radius 1 is 1.40 bits per heavy atom. The molecule has 0 aromatic heterocycles. The van der Waals surface area contributed by atoms with Crippen LogP contribution in [0.4, 0.5) is 0 Å². The summed E-state index contributed by atoms with van der Waals surface area (Å²) in [5.41, 5.74) is 1.43. The molecule has 0 amide bonds. The highest BCUT2D eigenvalue weighted by atomic mass is 32.2.